The number of nitrogens with one attached hydrogen (secondary N) is 1. The van der Waals surface area contributed by atoms with Crippen molar-refractivity contribution in [3.63, 3.8) is 0 Å². The molecule has 0 fully saturated rings. The molecule has 0 spiro atoms. The first-order valence-electron chi connectivity index (χ1n) is 6.10. The van der Waals surface area contributed by atoms with Gasteiger partial charge in [0, 0.05) is 17.8 Å². The van der Waals surface area contributed by atoms with Gasteiger partial charge in [-0.05, 0) is 24.3 Å². The Morgan fingerprint density at radius 3 is 2.76 bits per heavy atom. The van der Waals surface area contributed by atoms with E-state index < -0.39 is 5.82 Å². The molecule has 0 atom stereocenters. The Morgan fingerprint density at radius 1 is 1.24 bits per heavy atom. The molecule has 2 rings (SSSR count). The molecule has 4 nitrogen and oxygen atoms in total. The fraction of sp³-hybridized carbons (Fsp3) is 0.133. The third-order valence-corrected chi connectivity index (χ3v) is 2.90. The Kier molecular flexibility index (Phi) is 5.00. The Labute approximate surface area is 126 Å². The summed E-state index contributed by atoms with van der Waals surface area (Å²) in [6.07, 6.45) is 0. The van der Waals surface area contributed by atoms with Crippen LogP contribution in [0.4, 0.5) is 10.1 Å². The zero-order valence-corrected chi connectivity index (χ0v) is 12.0. The Balaban J connectivity index is 1.90. The second-order valence-electron chi connectivity index (χ2n) is 4.14. The largest absolute Gasteiger partial charge is 0.497 e. The average molecular weight is 310 g/mol. The van der Waals surface area contributed by atoms with Crippen molar-refractivity contribution in [2.75, 3.05) is 19.0 Å². The molecule has 2 aromatic rings. The first-order valence-corrected chi connectivity index (χ1v) is 6.48. The molecule has 0 saturated heterocycles. The molecule has 21 heavy (non-hydrogen) atoms. The van der Waals surface area contributed by atoms with E-state index in [1.165, 1.54) is 18.2 Å². The van der Waals surface area contributed by atoms with Gasteiger partial charge in [0.2, 0.25) is 0 Å². The van der Waals surface area contributed by atoms with Gasteiger partial charge >= 0.3 is 0 Å². The van der Waals surface area contributed by atoms with Gasteiger partial charge < -0.3 is 14.8 Å². The normalized spacial score (nSPS) is 10.0. The second-order valence-corrected chi connectivity index (χ2v) is 4.55. The third kappa shape index (κ3) is 4.36. The van der Waals surface area contributed by atoms with Crippen LogP contribution in [0.25, 0.3) is 0 Å². The van der Waals surface area contributed by atoms with Gasteiger partial charge in [-0.2, -0.15) is 0 Å². The standard InChI is InChI=1S/C15H13ClFNO3/c1-20-11-4-2-3-10(7-11)18-15(19)9-21-12-5-6-14(17)13(16)8-12/h2-8H,9H2,1H3,(H,18,19). The molecule has 110 valence electrons. The van der Waals surface area contributed by atoms with Crippen LogP contribution in [0, 0.1) is 5.82 Å². The molecule has 0 unspecified atom stereocenters. The van der Waals surface area contributed by atoms with E-state index in [1.54, 1.807) is 31.4 Å². The lowest BCUT2D eigenvalue weighted by Gasteiger charge is -2.09. The molecule has 6 heteroatoms. The van der Waals surface area contributed by atoms with Crippen LogP contribution < -0.4 is 14.8 Å². The molecule has 2 aromatic carbocycles. The molecule has 0 heterocycles. The smallest absolute Gasteiger partial charge is 0.262 e. The quantitative estimate of drug-likeness (QED) is 0.919. The van der Waals surface area contributed by atoms with Crippen molar-refractivity contribution in [2.45, 2.75) is 0 Å². The van der Waals surface area contributed by atoms with E-state index in [4.69, 9.17) is 21.1 Å². The van der Waals surface area contributed by atoms with Crippen molar-refractivity contribution in [1.82, 2.24) is 0 Å². The van der Waals surface area contributed by atoms with E-state index in [2.05, 4.69) is 5.32 Å². The number of anilines is 1. The van der Waals surface area contributed by atoms with E-state index in [1.807, 2.05) is 0 Å². The molecule has 0 bridgehead atoms. The Bertz CT molecular complexity index is 649. The zero-order valence-electron chi connectivity index (χ0n) is 11.2. The summed E-state index contributed by atoms with van der Waals surface area (Å²) < 4.78 is 23.3. The maximum atomic E-state index is 13.0. The number of hydrogen-bond acceptors (Lipinski definition) is 3. The molecular weight excluding hydrogens is 297 g/mol. The highest BCUT2D eigenvalue weighted by Gasteiger charge is 2.06. The molecular formula is C15H13ClFNO3. The number of benzene rings is 2. The highest BCUT2D eigenvalue weighted by Crippen LogP contribution is 2.21. The van der Waals surface area contributed by atoms with E-state index >= 15 is 0 Å². The molecule has 0 aliphatic carbocycles. The number of hydrogen-bond donors (Lipinski definition) is 1. The topological polar surface area (TPSA) is 47.6 Å². The molecule has 0 aliphatic heterocycles. The second kappa shape index (κ2) is 6.95. The zero-order chi connectivity index (χ0) is 15.2. The number of rotatable bonds is 5. The number of ether oxygens (including phenoxy) is 2. The van der Waals surface area contributed by atoms with E-state index in [0.29, 0.717) is 17.2 Å². The number of methoxy groups -OCH3 is 1. The minimum Gasteiger partial charge on any atom is -0.497 e. The lowest BCUT2D eigenvalue weighted by molar-refractivity contribution is -0.118. The summed E-state index contributed by atoms with van der Waals surface area (Å²) in [4.78, 5) is 11.8. The summed E-state index contributed by atoms with van der Waals surface area (Å²) in [5, 5.41) is 2.61. The maximum absolute atomic E-state index is 13.0. The van der Waals surface area contributed by atoms with Crippen molar-refractivity contribution in [3.05, 3.63) is 53.3 Å². The van der Waals surface area contributed by atoms with Crippen molar-refractivity contribution in [3.8, 4) is 11.5 Å². The van der Waals surface area contributed by atoms with Gasteiger partial charge in [0.1, 0.15) is 17.3 Å². The summed E-state index contributed by atoms with van der Waals surface area (Å²) >= 11 is 5.62. The lowest BCUT2D eigenvalue weighted by Crippen LogP contribution is -2.20. The van der Waals surface area contributed by atoms with Crippen LogP contribution in [0.1, 0.15) is 0 Å². The number of amides is 1. The highest BCUT2D eigenvalue weighted by atomic mass is 35.5. The van der Waals surface area contributed by atoms with E-state index in [-0.39, 0.29) is 17.5 Å². The molecule has 0 saturated carbocycles. The Hall–Kier alpha value is -2.27. The van der Waals surface area contributed by atoms with Crippen LogP contribution >= 0.6 is 11.6 Å². The number of carbonyl (C=O) groups is 1. The van der Waals surface area contributed by atoms with E-state index in [9.17, 15) is 9.18 Å². The first kappa shape index (κ1) is 15.1. The predicted molar refractivity (Wildman–Crippen MR) is 78.5 cm³/mol. The summed E-state index contributed by atoms with van der Waals surface area (Å²) in [6, 6.07) is 10.8. The summed E-state index contributed by atoms with van der Waals surface area (Å²) in [7, 11) is 1.54. The van der Waals surface area contributed by atoms with Crippen LogP contribution in [0.5, 0.6) is 11.5 Å². The molecule has 0 aliphatic rings. The van der Waals surface area contributed by atoms with Gasteiger partial charge in [-0.15, -0.1) is 0 Å². The summed E-state index contributed by atoms with van der Waals surface area (Å²) in [5.41, 5.74) is 0.597. The minimum atomic E-state index is -0.537. The summed E-state index contributed by atoms with van der Waals surface area (Å²) in [5.74, 6) is 0.0785. The SMILES string of the molecule is COc1cccc(NC(=O)COc2ccc(F)c(Cl)c2)c1. The number of halogens is 2. The van der Waals surface area contributed by atoms with Crippen molar-refractivity contribution in [1.29, 1.82) is 0 Å². The van der Waals surface area contributed by atoms with Crippen LogP contribution in [0.2, 0.25) is 5.02 Å². The van der Waals surface area contributed by atoms with Crippen molar-refractivity contribution in [2.24, 2.45) is 0 Å². The van der Waals surface area contributed by atoms with Crippen LogP contribution in [-0.4, -0.2) is 19.6 Å². The minimum absolute atomic E-state index is 0.0549. The Morgan fingerprint density at radius 2 is 2.05 bits per heavy atom. The third-order valence-electron chi connectivity index (χ3n) is 2.61. The van der Waals surface area contributed by atoms with Crippen LogP contribution in [-0.2, 0) is 4.79 Å². The van der Waals surface area contributed by atoms with Crippen molar-refractivity contribution < 1.29 is 18.7 Å². The monoisotopic (exact) mass is 309 g/mol. The fourth-order valence-electron chi connectivity index (χ4n) is 1.61. The number of carbonyl (C=O) groups excluding carboxylic acids is 1. The molecule has 0 radical (unpaired) electrons. The molecule has 1 N–H and O–H groups in total. The highest BCUT2D eigenvalue weighted by molar-refractivity contribution is 6.30. The summed E-state index contributed by atoms with van der Waals surface area (Å²) in [6.45, 7) is -0.209. The van der Waals surface area contributed by atoms with Crippen molar-refractivity contribution >= 4 is 23.2 Å². The first-order chi connectivity index (χ1) is 10.1. The van der Waals surface area contributed by atoms with Gasteiger partial charge in [0.15, 0.2) is 6.61 Å². The fourth-order valence-corrected chi connectivity index (χ4v) is 1.78. The van der Waals surface area contributed by atoms with Gasteiger partial charge in [-0.25, -0.2) is 4.39 Å². The maximum Gasteiger partial charge on any atom is 0.262 e. The van der Waals surface area contributed by atoms with Gasteiger partial charge in [-0.3, -0.25) is 4.79 Å². The van der Waals surface area contributed by atoms with Crippen LogP contribution in [0.15, 0.2) is 42.5 Å². The predicted octanol–water partition coefficient (Wildman–Crippen LogP) is 3.51. The molecule has 0 aromatic heterocycles. The van der Waals surface area contributed by atoms with Gasteiger partial charge in [0.25, 0.3) is 5.91 Å². The lowest BCUT2D eigenvalue weighted by atomic mass is 10.3. The molecule has 1 amide bonds. The van der Waals surface area contributed by atoms with Gasteiger partial charge in [0.05, 0.1) is 12.1 Å². The average Bonchev–Trinajstić information content (AvgIpc) is 2.48. The van der Waals surface area contributed by atoms with Gasteiger partial charge in [-0.1, -0.05) is 17.7 Å². The van der Waals surface area contributed by atoms with E-state index in [0.717, 1.165) is 0 Å². The van der Waals surface area contributed by atoms with Crippen LogP contribution in [0.3, 0.4) is 0 Å².